The molecule has 4 aliphatic rings. The second kappa shape index (κ2) is 12.2. The first-order valence-electron chi connectivity index (χ1n) is 15.0. The molecule has 0 radical (unpaired) electrons. The number of amides is 3. The maximum absolute atomic E-state index is 14.2. The van der Waals surface area contributed by atoms with Gasteiger partial charge in [-0.05, 0) is 56.5 Å². The fraction of sp³-hybridized carbons (Fsp3) is 0.645. The van der Waals surface area contributed by atoms with Crippen LogP contribution in [0, 0.1) is 23.7 Å². The molecule has 1 aromatic rings. The van der Waals surface area contributed by atoms with Crippen molar-refractivity contribution in [3.05, 3.63) is 40.4 Å². The molecular weight excluding hydrogens is 563 g/mol. The normalized spacial score (nSPS) is 33.9. The van der Waals surface area contributed by atoms with E-state index in [1.165, 1.54) is 0 Å². The van der Waals surface area contributed by atoms with Crippen molar-refractivity contribution in [3.63, 3.8) is 0 Å². The molecule has 3 aliphatic heterocycles. The quantitative estimate of drug-likeness (QED) is 0.376. The summed E-state index contributed by atoms with van der Waals surface area (Å²) in [5.41, 5.74) is -0.742. The molecule has 3 heterocycles. The minimum absolute atomic E-state index is 0.0418. The number of benzene rings is 1. The molecule has 8 atom stereocenters. The topological polar surface area (TPSA) is 91.0 Å². The molecule has 1 aromatic carbocycles. The van der Waals surface area contributed by atoms with Crippen molar-refractivity contribution in [1.82, 2.24) is 15.1 Å². The van der Waals surface area contributed by atoms with Crippen molar-refractivity contribution in [2.45, 2.75) is 76.7 Å². The molecule has 3 fully saturated rings. The lowest BCUT2D eigenvalue weighted by atomic mass is 9.73. The first kappa shape index (κ1) is 30.3. The summed E-state index contributed by atoms with van der Waals surface area (Å²) in [6.07, 6.45) is 8.36. The zero-order valence-corrected chi connectivity index (χ0v) is 25.9. The number of unbranched alkanes of at least 4 members (excludes halogenated alkanes) is 1. The second-order valence-electron chi connectivity index (χ2n) is 12.4. The molecule has 0 unspecified atom stereocenters. The van der Waals surface area contributed by atoms with Gasteiger partial charge in [-0.1, -0.05) is 75.4 Å². The number of likely N-dealkylation sites (tertiary alicyclic amines) is 1. The molecule has 2 bridgehead atoms. The van der Waals surface area contributed by atoms with Gasteiger partial charge < -0.3 is 25.2 Å². The number of fused-ring (bicyclic) bond motifs is 1. The third-order valence-corrected chi connectivity index (χ3v) is 10.1. The summed E-state index contributed by atoms with van der Waals surface area (Å²) >= 11 is 12.3. The van der Waals surface area contributed by atoms with Gasteiger partial charge in [0.15, 0.2) is 0 Å². The number of likely N-dealkylation sites (N-methyl/N-ethyl adjacent to an activating group) is 1. The Morgan fingerprint density at radius 2 is 1.85 bits per heavy atom. The Morgan fingerprint density at radius 3 is 2.56 bits per heavy atom. The van der Waals surface area contributed by atoms with Gasteiger partial charge in [-0.3, -0.25) is 14.4 Å². The number of carbonyl (C=O) groups is 3. The van der Waals surface area contributed by atoms with Crippen LogP contribution in [-0.2, 0) is 19.1 Å². The number of nitrogens with one attached hydrogen (secondary N) is 2. The molecule has 5 rings (SSSR count). The maximum atomic E-state index is 14.2. The average Bonchev–Trinajstić information content (AvgIpc) is 3.55. The van der Waals surface area contributed by atoms with Crippen LogP contribution in [0.15, 0.2) is 30.4 Å². The van der Waals surface area contributed by atoms with Gasteiger partial charge in [-0.15, -0.1) is 0 Å². The van der Waals surface area contributed by atoms with Gasteiger partial charge in [0, 0.05) is 34.9 Å². The SMILES string of the molecule is CCCCN(C)CCN1C(=O)[C@@H]2[C@H](C(=O)Nc3cc(Cl)cc(Cl)c3)[C@@H]3C=C[C@@]2(O3)[C@@H]1C(=O)N[C@@H]1CCC[C@H](C)[C@@H]1C. The van der Waals surface area contributed by atoms with Gasteiger partial charge >= 0.3 is 0 Å². The van der Waals surface area contributed by atoms with Crippen molar-refractivity contribution < 1.29 is 19.1 Å². The highest BCUT2D eigenvalue weighted by Gasteiger charge is 2.72. The molecular formula is C31H42Cl2N4O4. The van der Waals surface area contributed by atoms with Crippen molar-refractivity contribution >= 4 is 46.6 Å². The third-order valence-electron chi connectivity index (χ3n) is 9.71. The van der Waals surface area contributed by atoms with E-state index < -0.39 is 29.6 Å². The summed E-state index contributed by atoms with van der Waals surface area (Å²) in [5, 5.41) is 6.99. The van der Waals surface area contributed by atoms with E-state index in [2.05, 4.69) is 36.3 Å². The lowest BCUT2D eigenvalue weighted by molar-refractivity contribution is -0.141. The predicted octanol–water partition coefficient (Wildman–Crippen LogP) is 4.76. The molecule has 224 valence electrons. The first-order chi connectivity index (χ1) is 19.6. The standard InChI is InChI=1S/C31H42Cl2N4O4/c1-5-6-12-36(4)13-14-37-27(29(39)35-23-9-7-8-18(2)19(23)3)31-11-10-24(41-31)25(26(31)30(37)40)28(38)34-22-16-20(32)15-21(33)17-22/h10-11,15-19,23-27H,5-9,12-14H2,1-4H3,(H,34,38)(H,35,39)/t18-,19-,23+,24-,25+,26-,27-,31-/m0/s1. The van der Waals surface area contributed by atoms with Crippen molar-refractivity contribution in [1.29, 1.82) is 0 Å². The molecule has 41 heavy (non-hydrogen) atoms. The highest BCUT2D eigenvalue weighted by atomic mass is 35.5. The maximum Gasteiger partial charge on any atom is 0.246 e. The number of ether oxygens (including phenoxy) is 1. The first-order valence-corrected chi connectivity index (χ1v) is 15.7. The Bertz CT molecular complexity index is 1190. The van der Waals surface area contributed by atoms with Crippen LogP contribution in [0.5, 0.6) is 0 Å². The van der Waals surface area contributed by atoms with Crippen LogP contribution >= 0.6 is 23.2 Å². The summed E-state index contributed by atoms with van der Waals surface area (Å²) in [6, 6.07) is 4.01. The van der Waals surface area contributed by atoms with Crippen LogP contribution in [0.4, 0.5) is 5.69 Å². The Hall–Kier alpha value is -2.13. The number of nitrogens with zero attached hydrogens (tertiary/aromatic N) is 2. The highest BCUT2D eigenvalue weighted by molar-refractivity contribution is 6.35. The Balaban J connectivity index is 1.42. The zero-order chi connectivity index (χ0) is 29.5. The third kappa shape index (κ3) is 5.77. The molecule has 1 aliphatic carbocycles. The molecule has 10 heteroatoms. The summed E-state index contributed by atoms with van der Waals surface area (Å²) in [4.78, 5) is 45.9. The number of rotatable bonds is 10. The van der Waals surface area contributed by atoms with E-state index in [0.29, 0.717) is 40.7 Å². The summed E-state index contributed by atoms with van der Waals surface area (Å²) in [7, 11) is 2.03. The van der Waals surface area contributed by atoms with E-state index in [-0.39, 0.29) is 23.8 Å². The molecule has 1 saturated carbocycles. The summed E-state index contributed by atoms with van der Waals surface area (Å²) in [6.45, 7) is 8.49. The van der Waals surface area contributed by atoms with Gasteiger partial charge in [0.1, 0.15) is 11.6 Å². The van der Waals surface area contributed by atoms with Crippen LogP contribution in [0.2, 0.25) is 10.0 Å². The molecule has 8 nitrogen and oxygen atoms in total. The summed E-state index contributed by atoms with van der Waals surface area (Å²) in [5.74, 6) is -1.49. The van der Waals surface area contributed by atoms with E-state index in [4.69, 9.17) is 27.9 Å². The van der Waals surface area contributed by atoms with Gasteiger partial charge in [-0.2, -0.15) is 0 Å². The van der Waals surface area contributed by atoms with Gasteiger partial charge in [0.05, 0.1) is 17.9 Å². The number of anilines is 1. The van der Waals surface area contributed by atoms with Crippen molar-refractivity contribution in [3.8, 4) is 0 Å². The lowest BCUT2D eigenvalue weighted by Crippen LogP contribution is -2.58. The van der Waals surface area contributed by atoms with E-state index in [0.717, 1.165) is 38.6 Å². The van der Waals surface area contributed by atoms with Gasteiger partial charge in [-0.25, -0.2) is 0 Å². The minimum atomic E-state index is -1.19. The van der Waals surface area contributed by atoms with Crippen molar-refractivity contribution in [2.24, 2.45) is 23.7 Å². The van der Waals surface area contributed by atoms with E-state index in [1.54, 1.807) is 23.1 Å². The lowest BCUT2D eigenvalue weighted by Gasteiger charge is -2.38. The smallest absolute Gasteiger partial charge is 0.246 e. The van der Waals surface area contributed by atoms with Crippen LogP contribution in [-0.4, -0.2) is 78.0 Å². The largest absolute Gasteiger partial charge is 0.359 e. The number of hydrogen-bond donors (Lipinski definition) is 2. The number of hydrogen-bond acceptors (Lipinski definition) is 5. The van der Waals surface area contributed by atoms with E-state index >= 15 is 0 Å². The molecule has 2 N–H and O–H groups in total. The van der Waals surface area contributed by atoms with Crippen LogP contribution in [0.25, 0.3) is 0 Å². The molecule has 2 saturated heterocycles. The second-order valence-corrected chi connectivity index (χ2v) is 13.3. The van der Waals surface area contributed by atoms with E-state index in [1.807, 2.05) is 19.2 Å². The Morgan fingerprint density at radius 1 is 1.12 bits per heavy atom. The minimum Gasteiger partial charge on any atom is -0.359 e. The fourth-order valence-corrected chi connectivity index (χ4v) is 7.75. The van der Waals surface area contributed by atoms with E-state index in [9.17, 15) is 14.4 Å². The van der Waals surface area contributed by atoms with Crippen LogP contribution in [0.3, 0.4) is 0 Å². The average molecular weight is 606 g/mol. The van der Waals surface area contributed by atoms with Crippen LogP contribution < -0.4 is 10.6 Å². The van der Waals surface area contributed by atoms with Gasteiger partial charge in [0.2, 0.25) is 17.7 Å². The highest BCUT2D eigenvalue weighted by Crippen LogP contribution is 2.55. The van der Waals surface area contributed by atoms with Crippen molar-refractivity contribution in [2.75, 3.05) is 32.0 Å². The fourth-order valence-electron chi connectivity index (χ4n) is 7.23. The Labute approximate surface area is 253 Å². The monoisotopic (exact) mass is 604 g/mol. The summed E-state index contributed by atoms with van der Waals surface area (Å²) < 4.78 is 6.49. The number of halogens is 2. The van der Waals surface area contributed by atoms with Gasteiger partial charge in [0.25, 0.3) is 0 Å². The van der Waals surface area contributed by atoms with Crippen LogP contribution in [0.1, 0.15) is 52.9 Å². The molecule has 0 aromatic heterocycles. The molecule has 3 amide bonds. The zero-order valence-electron chi connectivity index (χ0n) is 24.4. The molecule has 1 spiro atoms. The Kier molecular flexibility index (Phi) is 9.05. The number of carbonyl (C=O) groups excluding carboxylic acids is 3. The predicted molar refractivity (Wildman–Crippen MR) is 161 cm³/mol.